The summed E-state index contributed by atoms with van der Waals surface area (Å²) in [5, 5.41) is 0.795. The molecule has 0 saturated carbocycles. The second-order valence-corrected chi connectivity index (χ2v) is 9.62. The molecule has 0 fully saturated rings. The molecule has 0 aliphatic heterocycles. The molecule has 1 aromatic rings. The number of allylic oxidation sites excluding steroid dienone is 6. The fourth-order valence-electron chi connectivity index (χ4n) is 2.47. The van der Waals surface area contributed by atoms with Crippen LogP contribution in [0.4, 0.5) is 0 Å². The summed E-state index contributed by atoms with van der Waals surface area (Å²) in [6.07, 6.45) is 11.1. The predicted octanol–water partition coefficient (Wildman–Crippen LogP) is 10.9. The summed E-state index contributed by atoms with van der Waals surface area (Å²) in [5.41, 5.74) is 9.64. The Bertz CT molecular complexity index is 651. The maximum atomic E-state index is 5.84. The molecule has 1 nitrogen and oxygen atoms in total. The van der Waals surface area contributed by atoms with Crippen LogP contribution in [0.25, 0.3) is 5.57 Å². The monoisotopic (exact) mass is 475 g/mol. The molecule has 1 rings (SSSR count). The van der Waals surface area contributed by atoms with E-state index in [1.54, 1.807) is 13.0 Å². The number of halogens is 1. The van der Waals surface area contributed by atoms with E-state index < -0.39 is 0 Å². The van der Waals surface area contributed by atoms with Gasteiger partial charge in [-0.1, -0.05) is 128 Å². The van der Waals surface area contributed by atoms with Crippen LogP contribution in [0.2, 0.25) is 5.02 Å². The third-order valence-corrected chi connectivity index (χ3v) is 5.86. The summed E-state index contributed by atoms with van der Waals surface area (Å²) in [4.78, 5) is 0. The summed E-state index contributed by atoms with van der Waals surface area (Å²) >= 11 is 5.84. The predicted molar refractivity (Wildman–Crippen MR) is 157 cm³/mol. The maximum Gasteiger partial charge on any atom is 0.0406 e. The molecule has 2 N–H and O–H groups in total. The van der Waals surface area contributed by atoms with Gasteiger partial charge in [0, 0.05) is 5.02 Å². The van der Waals surface area contributed by atoms with Gasteiger partial charge in [0.15, 0.2) is 0 Å². The molecule has 0 radical (unpaired) electrons. The van der Waals surface area contributed by atoms with Crippen LogP contribution >= 0.6 is 11.6 Å². The molecule has 0 aliphatic rings. The van der Waals surface area contributed by atoms with E-state index >= 15 is 0 Å². The lowest BCUT2D eigenvalue weighted by Crippen LogP contribution is -1.97. The number of rotatable bonds is 8. The molecule has 0 aliphatic carbocycles. The van der Waals surface area contributed by atoms with Gasteiger partial charge in [-0.3, -0.25) is 0 Å². The maximum absolute atomic E-state index is 5.84. The minimum Gasteiger partial charge on any atom is -0.403 e. The van der Waals surface area contributed by atoms with Gasteiger partial charge in [-0.25, -0.2) is 0 Å². The fraction of sp³-hybridized carbons (Fsp3) is 0.548. The van der Waals surface area contributed by atoms with Crippen molar-refractivity contribution in [2.24, 2.45) is 23.5 Å². The molecule has 33 heavy (non-hydrogen) atoms. The molecule has 1 aromatic carbocycles. The number of hydrogen-bond donors (Lipinski definition) is 1. The summed E-state index contributed by atoms with van der Waals surface area (Å²) in [6.45, 7) is 28.6. The Morgan fingerprint density at radius 1 is 0.939 bits per heavy atom. The molecule has 0 spiro atoms. The lowest BCUT2D eigenvalue weighted by atomic mass is 9.95. The van der Waals surface area contributed by atoms with Crippen molar-refractivity contribution < 1.29 is 0 Å². The van der Waals surface area contributed by atoms with Crippen LogP contribution in [-0.4, -0.2) is 0 Å². The topological polar surface area (TPSA) is 26.0 Å². The van der Waals surface area contributed by atoms with Gasteiger partial charge in [-0.15, -0.1) is 0 Å². The minimum atomic E-state index is 0.602. The van der Waals surface area contributed by atoms with Crippen molar-refractivity contribution in [3.8, 4) is 0 Å². The van der Waals surface area contributed by atoms with Crippen LogP contribution in [0.3, 0.4) is 0 Å². The quantitative estimate of drug-likeness (QED) is 0.371. The summed E-state index contributed by atoms with van der Waals surface area (Å²) < 4.78 is 0. The molecule has 2 atom stereocenters. The lowest BCUT2D eigenvalue weighted by molar-refractivity contribution is 0.415. The first-order valence-corrected chi connectivity index (χ1v) is 12.8. The van der Waals surface area contributed by atoms with Gasteiger partial charge in [0.2, 0.25) is 0 Å². The second kappa shape index (κ2) is 23.4. The highest BCUT2D eigenvalue weighted by atomic mass is 35.5. The van der Waals surface area contributed by atoms with Gasteiger partial charge in [-0.2, -0.15) is 0 Å². The highest BCUT2D eigenvalue weighted by Gasteiger charge is 2.04. The van der Waals surface area contributed by atoms with Gasteiger partial charge >= 0.3 is 0 Å². The Balaban J connectivity index is -0.000000412. The summed E-state index contributed by atoms with van der Waals surface area (Å²) in [5.74, 6) is 2.48. The highest BCUT2D eigenvalue weighted by Crippen LogP contribution is 2.24. The number of benzene rings is 1. The van der Waals surface area contributed by atoms with Crippen molar-refractivity contribution in [2.45, 2.75) is 94.9 Å². The molecule has 0 heterocycles. The Morgan fingerprint density at radius 2 is 1.33 bits per heavy atom. The van der Waals surface area contributed by atoms with E-state index in [0.717, 1.165) is 16.9 Å². The highest BCUT2D eigenvalue weighted by molar-refractivity contribution is 6.30. The largest absolute Gasteiger partial charge is 0.403 e. The van der Waals surface area contributed by atoms with Crippen LogP contribution in [0.15, 0.2) is 66.9 Å². The molecule has 0 bridgehead atoms. The number of hydrogen-bond acceptors (Lipinski definition) is 1. The van der Waals surface area contributed by atoms with Crippen LogP contribution < -0.4 is 5.73 Å². The van der Waals surface area contributed by atoms with E-state index in [0.29, 0.717) is 11.6 Å². The summed E-state index contributed by atoms with van der Waals surface area (Å²) in [6, 6.07) is 8.02. The molecule has 190 valence electrons. The van der Waals surface area contributed by atoms with E-state index in [-0.39, 0.29) is 0 Å². The summed E-state index contributed by atoms with van der Waals surface area (Å²) in [7, 11) is 0. The first kappa shape index (κ1) is 35.9. The molecular formula is C31H54ClN. The fourth-order valence-corrected chi connectivity index (χ4v) is 2.60. The smallest absolute Gasteiger partial charge is 0.0406 e. The van der Waals surface area contributed by atoms with E-state index in [9.17, 15) is 0 Å². The average molecular weight is 476 g/mol. The third kappa shape index (κ3) is 24.7. The van der Waals surface area contributed by atoms with Crippen molar-refractivity contribution in [3.63, 3.8) is 0 Å². The first-order valence-electron chi connectivity index (χ1n) is 12.5. The van der Waals surface area contributed by atoms with Crippen molar-refractivity contribution in [1.82, 2.24) is 0 Å². The van der Waals surface area contributed by atoms with Gasteiger partial charge < -0.3 is 5.73 Å². The van der Waals surface area contributed by atoms with E-state index in [1.807, 2.05) is 31.2 Å². The molecule has 2 unspecified atom stereocenters. The van der Waals surface area contributed by atoms with Gasteiger partial charge in [-0.05, 0) is 74.4 Å². The van der Waals surface area contributed by atoms with Crippen LogP contribution in [0.1, 0.15) is 100 Å². The van der Waals surface area contributed by atoms with Gasteiger partial charge in [0.05, 0.1) is 0 Å². The Labute approximate surface area is 212 Å². The van der Waals surface area contributed by atoms with Crippen LogP contribution in [-0.2, 0) is 0 Å². The Hall–Kier alpha value is -1.73. The zero-order valence-electron chi connectivity index (χ0n) is 23.5. The van der Waals surface area contributed by atoms with Gasteiger partial charge in [0.1, 0.15) is 0 Å². The average Bonchev–Trinajstić information content (AvgIpc) is 2.77. The van der Waals surface area contributed by atoms with Crippen LogP contribution in [0, 0.1) is 17.8 Å². The van der Waals surface area contributed by atoms with E-state index in [1.165, 1.54) is 42.4 Å². The third-order valence-electron chi connectivity index (χ3n) is 5.61. The van der Waals surface area contributed by atoms with Crippen molar-refractivity contribution in [3.05, 3.63) is 77.5 Å². The minimum absolute atomic E-state index is 0.602. The number of nitrogens with two attached hydrogens (primary N) is 1. The zero-order valence-corrected chi connectivity index (χ0v) is 24.2. The van der Waals surface area contributed by atoms with Crippen molar-refractivity contribution in [2.75, 3.05) is 0 Å². The van der Waals surface area contributed by atoms with E-state index in [4.69, 9.17) is 17.3 Å². The van der Waals surface area contributed by atoms with Crippen molar-refractivity contribution in [1.29, 1.82) is 0 Å². The molecule has 0 aromatic heterocycles. The van der Waals surface area contributed by atoms with Crippen LogP contribution in [0.5, 0.6) is 0 Å². The van der Waals surface area contributed by atoms with Gasteiger partial charge in [0.25, 0.3) is 0 Å². The first-order chi connectivity index (χ1) is 15.4. The molecule has 0 amide bonds. The second-order valence-electron chi connectivity index (χ2n) is 9.18. The zero-order chi connectivity index (χ0) is 26.4. The Morgan fingerprint density at radius 3 is 1.58 bits per heavy atom. The molecule has 0 saturated heterocycles. The van der Waals surface area contributed by atoms with E-state index in [2.05, 4.69) is 80.7 Å². The molecule has 2 heteroatoms. The molecular weight excluding hydrogens is 422 g/mol. The standard InChI is InChI=1S/C13H17Cl.C10H22.C5H8.C3H7N/c1-9(2)10(3)11(4)12-5-7-13(14)8-6-12;1-5-9(3)7-8-10(4)6-2;1-3-5-4-2;1-3(2)4/h5-9H,1-4H3;9-10H,5-8H2,1-4H3;3-5H,1H2,2H3;1,4H2,2H3/b11-10-;;5-4-;. The lowest BCUT2D eigenvalue weighted by Gasteiger charge is -2.11. The van der Waals surface area contributed by atoms with Crippen molar-refractivity contribution >= 4 is 17.2 Å². The SMILES string of the molecule is C/C(=C(\C)C(C)C)c1ccc(Cl)cc1.C=C(C)N.C=C/C=C\C.CCC(C)CCC(C)CC. The normalized spacial score (nSPS) is 12.7. The Kier molecular flexibility index (Phi) is 25.5.